The van der Waals surface area contributed by atoms with E-state index in [1.165, 1.54) is 12.0 Å². The number of carbonyl (C=O) groups excluding carboxylic acids is 2. The summed E-state index contributed by atoms with van der Waals surface area (Å²) in [5.74, 6) is 0.606. The Morgan fingerprint density at radius 1 is 1.06 bits per heavy atom. The highest BCUT2D eigenvalue weighted by atomic mass is 35.5. The molecule has 1 aromatic carbocycles. The monoisotopic (exact) mass is 443 g/mol. The number of aryl methyl sites for hydroxylation is 1. The van der Waals surface area contributed by atoms with Gasteiger partial charge in [0.25, 0.3) is 5.91 Å². The number of amides is 2. The molecule has 1 aliphatic heterocycles. The largest absolute Gasteiger partial charge is 0.335 e. The number of rotatable bonds is 5. The fourth-order valence-corrected chi connectivity index (χ4v) is 4.53. The van der Waals surface area contributed by atoms with Crippen molar-refractivity contribution in [2.75, 3.05) is 31.5 Å². The van der Waals surface area contributed by atoms with Gasteiger partial charge in [-0.05, 0) is 30.5 Å². The molecule has 0 unspecified atom stereocenters. The van der Waals surface area contributed by atoms with E-state index in [1.807, 2.05) is 29.2 Å². The van der Waals surface area contributed by atoms with E-state index in [1.54, 1.807) is 17.8 Å². The SMILES string of the molecule is Cn1nc(C(=O)N2CCN(Cc3ccc(Cl)cc3)CC2)cc1NC(=O)C1CCCCC1. The van der Waals surface area contributed by atoms with Gasteiger partial charge in [-0.1, -0.05) is 43.0 Å². The van der Waals surface area contributed by atoms with Gasteiger partial charge in [-0.15, -0.1) is 0 Å². The zero-order chi connectivity index (χ0) is 21.8. The summed E-state index contributed by atoms with van der Waals surface area (Å²) in [5.41, 5.74) is 1.60. The molecule has 0 radical (unpaired) electrons. The number of piperazine rings is 1. The molecule has 7 nitrogen and oxygen atoms in total. The Labute approximate surface area is 188 Å². The van der Waals surface area contributed by atoms with Crippen molar-refractivity contribution in [1.29, 1.82) is 0 Å². The molecule has 2 aromatic rings. The number of halogens is 1. The third kappa shape index (κ3) is 5.46. The fourth-order valence-electron chi connectivity index (χ4n) is 4.40. The zero-order valence-electron chi connectivity index (χ0n) is 18.0. The van der Waals surface area contributed by atoms with Gasteiger partial charge in [0, 0.05) is 56.8 Å². The van der Waals surface area contributed by atoms with Gasteiger partial charge in [-0.2, -0.15) is 5.10 Å². The lowest BCUT2D eigenvalue weighted by atomic mass is 9.89. The lowest BCUT2D eigenvalue weighted by molar-refractivity contribution is -0.120. The number of hydrogen-bond acceptors (Lipinski definition) is 4. The second kappa shape index (κ2) is 9.83. The number of hydrogen-bond donors (Lipinski definition) is 1. The molecule has 1 saturated heterocycles. The first-order valence-electron chi connectivity index (χ1n) is 11.1. The summed E-state index contributed by atoms with van der Waals surface area (Å²) in [4.78, 5) is 29.7. The molecule has 31 heavy (non-hydrogen) atoms. The summed E-state index contributed by atoms with van der Waals surface area (Å²) < 4.78 is 1.59. The highest BCUT2D eigenvalue weighted by molar-refractivity contribution is 6.30. The van der Waals surface area contributed by atoms with E-state index < -0.39 is 0 Å². The third-order valence-corrected chi connectivity index (χ3v) is 6.56. The van der Waals surface area contributed by atoms with E-state index in [9.17, 15) is 9.59 Å². The molecule has 0 spiro atoms. The van der Waals surface area contributed by atoms with E-state index in [0.29, 0.717) is 24.6 Å². The number of nitrogens with one attached hydrogen (secondary N) is 1. The summed E-state index contributed by atoms with van der Waals surface area (Å²) in [6, 6.07) is 9.58. The van der Waals surface area contributed by atoms with E-state index in [-0.39, 0.29) is 17.7 Å². The van der Waals surface area contributed by atoms with Crippen molar-refractivity contribution in [3.8, 4) is 0 Å². The van der Waals surface area contributed by atoms with Crippen molar-refractivity contribution in [1.82, 2.24) is 19.6 Å². The summed E-state index contributed by atoms with van der Waals surface area (Å²) in [7, 11) is 1.76. The Morgan fingerprint density at radius 3 is 2.42 bits per heavy atom. The first-order chi connectivity index (χ1) is 15.0. The molecule has 2 amide bonds. The lowest BCUT2D eigenvalue weighted by Gasteiger charge is -2.34. The van der Waals surface area contributed by atoms with E-state index in [4.69, 9.17) is 11.6 Å². The standard InChI is InChI=1S/C23H30ClN5O2/c1-27-21(25-22(30)18-5-3-2-4-6-18)15-20(26-27)23(31)29-13-11-28(12-14-29)16-17-7-9-19(24)10-8-17/h7-10,15,18H,2-6,11-14,16H2,1H3,(H,25,30). The maximum absolute atomic E-state index is 13.0. The minimum absolute atomic E-state index is 0.0394. The highest BCUT2D eigenvalue weighted by Crippen LogP contribution is 2.25. The van der Waals surface area contributed by atoms with Crippen LogP contribution in [0.2, 0.25) is 5.02 Å². The maximum Gasteiger partial charge on any atom is 0.274 e. The first-order valence-corrected chi connectivity index (χ1v) is 11.5. The van der Waals surface area contributed by atoms with Crippen LogP contribution in [-0.2, 0) is 18.4 Å². The second-order valence-corrected chi connectivity index (χ2v) is 8.99. The molecule has 0 bridgehead atoms. The molecule has 4 rings (SSSR count). The number of nitrogens with zero attached hydrogens (tertiary/aromatic N) is 4. The highest BCUT2D eigenvalue weighted by Gasteiger charge is 2.26. The van der Waals surface area contributed by atoms with Crippen LogP contribution in [0.3, 0.4) is 0 Å². The van der Waals surface area contributed by atoms with Crippen LogP contribution in [0.25, 0.3) is 0 Å². The van der Waals surface area contributed by atoms with Crippen LogP contribution in [0, 0.1) is 5.92 Å². The Morgan fingerprint density at radius 2 is 1.74 bits per heavy atom. The van der Waals surface area contributed by atoms with Gasteiger partial charge >= 0.3 is 0 Å². The van der Waals surface area contributed by atoms with Gasteiger partial charge in [0.05, 0.1) is 0 Å². The van der Waals surface area contributed by atoms with Crippen LogP contribution in [0.4, 0.5) is 5.82 Å². The summed E-state index contributed by atoms with van der Waals surface area (Å²) in [6.45, 7) is 3.79. The molecule has 1 aliphatic carbocycles. The first kappa shape index (κ1) is 21.8. The average Bonchev–Trinajstić information content (AvgIpc) is 3.16. The lowest BCUT2D eigenvalue weighted by Crippen LogP contribution is -2.48. The third-order valence-electron chi connectivity index (χ3n) is 6.31. The van der Waals surface area contributed by atoms with Crippen molar-refractivity contribution >= 4 is 29.2 Å². The number of anilines is 1. The Hall–Kier alpha value is -2.38. The molecular formula is C23H30ClN5O2. The number of benzene rings is 1. The molecule has 2 heterocycles. The van der Waals surface area contributed by atoms with Crippen LogP contribution in [0.1, 0.15) is 48.2 Å². The molecule has 1 aromatic heterocycles. The maximum atomic E-state index is 13.0. The predicted molar refractivity (Wildman–Crippen MR) is 121 cm³/mol. The number of aromatic nitrogens is 2. The summed E-state index contributed by atoms with van der Waals surface area (Å²) in [6.07, 6.45) is 5.31. The van der Waals surface area contributed by atoms with E-state index >= 15 is 0 Å². The quantitative estimate of drug-likeness (QED) is 0.767. The van der Waals surface area contributed by atoms with Crippen LogP contribution >= 0.6 is 11.6 Å². The summed E-state index contributed by atoms with van der Waals surface area (Å²) >= 11 is 5.96. The van der Waals surface area contributed by atoms with Crippen molar-refractivity contribution < 1.29 is 9.59 Å². The van der Waals surface area contributed by atoms with Gasteiger partial charge < -0.3 is 10.2 Å². The van der Waals surface area contributed by atoms with E-state index in [0.717, 1.165) is 50.3 Å². The molecule has 8 heteroatoms. The minimum atomic E-state index is -0.0834. The van der Waals surface area contributed by atoms with Crippen molar-refractivity contribution in [3.05, 3.63) is 46.6 Å². The van der Waals surface area contributed by atoms with Gasteiger partial charge in [0.15, 0.2) is 5.69 Å². The topological polar surface area (TPSA) is 70.5 Å². The molecule has 1 N–H and O–H groups in total. The van der Waals surface area contributed by atoms with Gasteiger partial charge in [0.1, 0.15) is 5.82 Å². The smallest absolute Gasteiger partial charge is 0.274 e. The molecule has 2 aliphatic rings. The molecule has 2 fully saturated rings. The van der Waals surface area contributed by atoms with Gasteiger partial charge in [-0.25, -0.2) is 0 Å². The summed E-state index contributed by atoms with van der Waals surface area (Å²) in [5, 5.41) is 8.07. The molecule has 1 saturated carbocycles. The average molecular weight is 444 g/mol. The van der Waals surface area contributed by atoms with E-state index in [2.05, 4.69) is 15.3 Å². The van der Waals surface area contributed by atoms with Crippen molar-refractivity contribution in [2.45, 2.75) is 38.6 Å². The second-order valence-electron chi connectivity index (χ2n) is 8.56. The molecule has 166 valence electrons. The molecular weight excluding hydrogens is 414 g/mol. The van der Waals surface area contributed by atoms with Gasteiger partial charge in [-0.3, -0.25) is 19.2 Å². The van der Waals surface area contributed by atoms with Crippen molar-refractivity contribution in [2.24, 2.45) is 13.0 Å². The van der Waals surface area contributed by atoms with Crippen molar-refractivity contribution in [3.63, 3.8) is 0 Å². The fraction of sp³-hybridized carbons (Fsp3) is 0.522. The minimum Gasteiger partial charge on any atom is -0.335 e. The Bertz CT molecular complexity index is 913. The number of carbonyl (C=O) groups is 2. The normalized spacial score (nSPS) is 18.2. The predicted octanol–water partition coefficient (Wildman–Crippen LogP) is 3.55. The van der Waals surface area contributed by atoms with Gasteiger partial charge in [0.2, 0.25) is 5.91 Å². The van der Waals surface area contributed by atoms with Crippen LogP contribution < -0.4 is 5.32 Å². The van der Waals surface area contributed by atoms with Crippen LogP contribution in [0.5, 0.6) is 0 Å². The van der Waals surface area contributed by atoms with Crippen LogP contribution in [-0.4, -0.2) is 57.6 Å². The zero-order valence-corrected chi connectivity index (χ0v) is 18.8. The van der Waals surface area contributed by atoms with Crippen LogP contribution in [0.15, 0.2) is 30.3 Å². The Kier molecular flexibility index (Phi) is 6.92. The molecule has 0 atom stereocenters. The Balaban J connectivity index is 1.31.